The first-order valence-electron chi connectivity index (χ1n) is 5.16. The Morgan fingerprint density at radius 2 is 2.53 bits per heavy atom. The predicted octanol–water partition coefficient (Wildman–Crippen LogP) is 1.30. The normalized spacial score (nSPS) is 17.7. The summed E-state index contributed by atoms with van der Waals surface area (Å²) in [6, 6.07) is 2.01. The molecule has 0 radical (unpaired) electrons. The first-order chi connectivity index (χ1) is 7.19. The molecule has 0 aromatic carbocycles. The molecule has 1 aliphatic rings. The number of nitriles is 1. The van der Waals surface area contributed by atoms with Gasteiger partial charge in [-0.1, -0.05) is 0 Å². The minimum atomic E-state index is -0.729. The fourth-order valence-corrected chi connectivity index (χ4v) is 1.68. The quantitative estimate of drug-likeness (QED) is 0.656. The van der Waals surface area contributed by atoms with Gasteiger partial charge in [0.2, 0.25) is 0 Å². The zero-order valence-electron chi connectivity index (χ0n) is 9.19. The Morgan fingerprint density at radius 1 is 1.80 bits per heavy atom. The molecule has 0 aromatic heterocycles. The summed E-state index contributed by atoms with van der Waals surface area (Å²) in [4.78, 5) is 13.5. The molecular formula is C11H16N2O2. The lowest BCUT2D eigenvalue weighted by molar-refractivity contribution is -0.144. The van der Waals surface area contributed by atoms with E-state index >= 15 is 0 Å². The van der Waals surface area contributed by atoms with E-state index < -0.39 is 11.9 Å². The van der Waals surface area contributed by atoms with Crippen LogP contribution in [-0.4, -0.2) is 31.1 Å². The molecule has 1 heterocycles. The summed E-state index contributed by atoms with van der Waals surface area (Å²) in [5.41, 5.74) is 0.865. The molecule has 1 atom stereocenters. The molecule has 0 N–H and O–H groups in total. The SMILES string of the molecule is CCOC(=O)C(C#N)C1=CN(C)CCC1. The van der Waals surface area contributed by atoms with E-state index in [0.717, 1.165) is 25.0 Å². The minimum Gasteiger partial charge on any atom is -0.465 e. The van der Waals surface area contributed by atoms with Gasteiger partial charge in [-0.15, -0.1) is 0 Å². The monoisotopic (exact) mass is 208 g/mol. The van der Waals surface area contributed by atoms with Crippen LogP contribution in [0.3, 0.4) is 0 Å². The molecular weight excluding hydrogens is 192 g/mol. The second kappa shape index (κ2) is 5.40. The van der Waals surface area contributed by atoms with Crippen molar-refractivity contribution in [2.24, 2.45) is 5.92 Å². The fraction of sp³-hybridized carbons (Fsp3) is 0.636. The number of hydrogen-bond acceptors (Lipinski definition) is 4. The summed E-state index contributed by atoms with van der Waals surface area (Å²) in [6.45, 7) is 3.04. The summed E-state index contributed by atoms with van der Waals surface area (Å²) in [5, 5.41) is 8.95. The topological polar surface area (TPSA) is 53.3 Å². The predicted molar refractivity (Wildman–Crippen MR) is 55.7 cm³/mol. The number of carbonyl (C=O) groups excluding carboxylic acids is 1. The standard InChI is InChI=1S/C11H16N2O2/c1-3-15-11(14)10(7-12)9-5-4-6-13(2)8-9/h8,10H,3-6H2,1-2H3. The lowest BCUT2D eigenvalue weighted by Gasteiger charge is -2.24. The van der Waals surface area contributed by atoms with Crippen molar-refractivity contribution in [1.29, 1.82) is 5.26 Å². The van der Waals surface area contributed by atoms with Crippen molar-refractivity contribution in [2.45, 2.75) is 19.8 Å². The van der Waals surface area contributed by atoms with Gasteiger partial charge in [0.1, 0.15) is 0 Å². The van der Waals surface area contributed by atoms with Crippen LogP contribution in [0.4, 0.5) is 0 Å². The highest BCUT2D eigenvalue weighted by molar-refractivity contribution is 5.78. The van der Waals surface area contributed by atoms with Gasteiger partial charge in [0.05, 0.1) is 12.7 Å². The van der Waals surface area contributed by atoms with Gasteiger partial charge < -0.3 is 9.64 Å². The van der Waals surface area contributed by atoms with E-state index in [4.69, 9.17) is 10.00 Å². The maximum atomic E-state index is 11.5. The third kappa shape index (κ3) is 2.98. The molecule has 0 bridgehead atoms. The molecule has 1 aliphatic heterocycles. The Balaban J connectivity index is 2.74. The summed E-state index contributed by atoms with van der Waals surface area (Å²) >= 11 is 0. The van der Waals surface area contributed by atoms with Crippen LogP contribution >= 0.6 is 0 Å². The summed E-state index contributed by atoms with van der Waals surface area (Å²) in [6.07, 6.45) is 3.68. The van der Waals surface area contributed by atoms with E-state index in [1.54, 1.807) is 6.92 Å². The van der Waals surface area contributed by atoms with Crippen molar-refractivity contribution in [3.8, 4) is 6.07 Å². The van der Waals surface area contributed by atoms with Gasteiger partial charge in [0, 0.05) is 13.6 Å². The highest BCUT2D eigenvalue weighted by Crippen LogP contribution is 2.22. The highest BCUT2D eigenvalue weighted by atomic mass is 16.5. The second-order valence-electron chi connectivity index (χ2n) is 3.60. The molecule has 1 unspecified atom stereocenters. The minimum absolute atomic E-state index is 0.320. The van der Waals surface area contributed by atoms with E-state index in [1.807, 2.05) is 24.2 Å². The van der Waals surface area contributed by atoms with Gasteiger partial charge in [-0.2, -0.15) is 5.26 Å². The third-order valence-electron chi connectivity index (χ3n) is 2.38. The Labute approximate surface area is 90.1 Å². The van der Waals surface area contributed by atoms with Gasteiger partial charge in [-0.05, 0) is 31.5 Å². The lowest BCUT2D eigenvalue weighted by Crippen LogP contribution is -2.25. The van der Waals surface area contributed by atoms with Crippen LogP contribution in [0.5, 0.6) is 0 Å². The van der Waals surface area contributed by atoms with Crippen LogP contribution in [0.2, 0.25) is 0 Å². The second-order valence-corrected chi connectivity index (χ2v) is 3.60. The van der Waals surface area contributed by atoms with Crippen LogP contribution in [0, 0.1) is 17.2 Å². The molecule has 0 saturated carbocycles. The molecule has 0 fully saturated rings. The van der Waals surface area contributed by atoms with Crippen LogP contribution in [-0.2, 0) is 9.53 Å². The first-order valence-corrected chi connectivity index (χ1v) is 5.16. The number of esters is 1. The van der Waals surface area contributed by atoms with E-state index in [0.29, 0.717) is 6.61 Å². The average Bonchev–Trinajstić information content (AvgIpc) is 2.19. The molecule has 4 heteroatoms. The molecule has 15 heavy (non-hydrogen) atoms. The van der Waals surface area contributed by atoms with Gasteiger partial charge in [0.15, 0.2) is 5.92 Å². The van der Waals surface area contributed by atoms with E-state index in [-0.39, 0.29) is 0 Å². The molecule has 4 nitrogen and oxygen atoms in total. The van der Waals surface area contributed by atoms with E-state index in [9.17, 15) is 4.79 Å². The van der Waals surface area contributed by atoms with E-state index in [1.165, 1.54) is 0 Å². The Bertz CT molecular complexity index is 304. The van der Waals surface area contributed by atoms with Crippen LogP contribution in [0.25, 0.3) is 0 Å². The van der Waals surface area contributed by atoms with Gasteiger partial charge in [-0.25, -0.2) is 0 Å². The molecule has 0 aliphatic carbocycles. The number of carbonyl (C=O) groups is 1. The van der Waals surface area contributed by atoms with Crippen LogP contribution < -0.4 is 0 Å². The van der Waals surface area contributed by atoms with Crippen molar-refractivity contribution in [3.05, 3.63) is 11.8 Å². The van der Waals surface area contributed by atoms with Gasteiger partial charge >= 0.3 is 5.97 Å². The maximum absolute atomic E-state index is 11.5. The van der Waals surface area contributed by atoms with Crippen molar-refractivity contribution in [3.63, 3.8) is 0 Å². The van der Waals surface area contributed by atoms with Crippen molar-refractivity contribution in [1.82, 2.24) is 4.90 Å². The first kappa shape index (κ1) is 11.6. The number of hydrogen-bond donors (Lipinski definition) is 0. The lowest BCUT2D eigenvalue weighted by atomic mass is 9.95. The zero-order chi connectivity index (χ0) is 11.3. The molecule has 1 rings (SSSR count). The zero-order valence-corrected chi connectivity index (χ0v) is 9.19. The Kier molecular flexibility index (Phi) is 4.17. The van der Waals surface area contributed by atoms with Gasteiger partial charge in [-0.3, -0.25) is 4.79 Å². The Morgan fingerprint density at radius 3 is 3.07 bits per heavy atom. The molecule has 0 saturated heterocycles. The van der Waals surface area contributed by atoms with E-state index in [2.05, 4.69) is 0 Å². The summed E-state index contributed by atoms with van der Waals surface area (Å²) in [7, 11) is 1.94. The number of nitrogens with zero attached hydrogens (tertiary/aromatic N) is 2. The van der Waals surface area contributed by atoms with Crippen LogP contribution in [0.1, 0.15) is 19.8 Å². The molecule has 82 valence electrons. The Hall–Kier alpha value is -1.50. The average molecular weight is 208 g/mol. The summed E-state index contributed by atoms with van der Waals surface area (Å²) in [5.74, 6) is -1.16. The van der Waals surface area contributed by atoms with Crippen molar-refractivity contribution >= 4 is 5.97 Å². The molecule has 0 aromatic rings. The smallest absolute Gasteiger partial charge is 0.327 e. The molecule has 0 spiro atoms. The highest BCUT2D eigenvalue weighted by Gasteiger charge is 2.25. The summed E-state index contributed by atoms with van der Waals surface area (Å²) < 4.78 is 4.86. The van der Waals surface area contributed by atoms with Gasteiger partial charge in [0.25, 0.3) is 0 Å². The van der Waals surface area contributed by atoms with Crippen molar-refractivity contribution < 1.29 is 9.53 Å². The third-order valence-corrected chi connectivity index (χ3v) is 2.38. The largest absolute Gasteiger partial charge is 0.465 e. The number of ether oxygens (including phenoxy) is 1. The van der Waals surface area contributed by atoms with Crippen LogP contribution in [0.15, 0.2) is 11.8 Å². The molecule has 0 amide bonds. The number of rotatable bonds is 3. The maximum Gasteiger partial charge on any atom is 0.327 e. The fourth-order valence-electron chi connectivity index (χ4n) is 1.68. The van der Waals surface area contributed by atoms with Crippen molar-refractivity contribution in [2.75, 3.05) is 20.2 Å².